The summed E-state index contributed by atoms with van der Waals surface area (Å²) in [4.78, 5) is 23.1. The molecule has 3 aromatic rings. The molecule has 4 rings (SSSR count). The molecule has 0 aliphatic carbocycles. The Bertz CT molecular complexity index is 847. The standard InChI is InChI=1S/C19H19N5O/c25-19(16-6-2-1-3-7-16)23-11-9-15(12-23)13-24-14-21-18(22-24)17-8-4-5-10-20-17/h1-8,10,14-15H,9,11-13H2/t15-/m0/s1. The van der Waals surface area contributed by atoms with Crippen LogP contribution in [0.25, 0.3) is 11.5 Å². The van der Waals surface area contributed by atoms with E-state index in [1.54, 1.807) is 12.5 Å². The van der Waals surface area contributed by atoms with Gasteiger partial charge in [-0.3, -0.25) is 14.5 Å². The van der Waals surface area contributed by atoms with Crippen LogP contribution in [-0.2, 0) is 6.54 Å². The predicted octanol–water partition coefficient (Wildman–Crippen LogP) is 2.50. The van der Waals surface area contributed by atoms with E-state index in [0.717, 1.165) is 37.3 Å². The highest BCUT2D eigenvalue weighted by Crippen LogP contribution is 2.20. The van der Waals surface area contributed by atoms with Crippen molar-refractivity contribution in [2.24, 2.45) is 5.92 Å². The monoisotopic (exact) mass is 333 g/mol. The molecule has 3 heterocycles. The second kappa shape index (κ2) is 6.84. The lowest BCUT2D eigenvalue weighted by Gasteiger charge is -2.16. The van der Waals surface area contributed by atoms with Gasteiger partial charge in [0.1, 0.15) is 12.0 Å². The molecule has 0 unspecified atom stereocenters. The summed E-state index contributed by atoms with van der Waals surface area (Å²) in [7, 11) is 0. The Hall–Kier alpha value is -3.02. The highest BCUT2D eigenvalue weighted by molar-refractivity contribution is 5.94. The Morgan fingerprint density at radius 3 is 2.72 bits per heavy atom. The van der Waals surface area contributed by atoms with Crippen LogP contribution >= 0.6 is 0 Å². The molecule has 0 saturated carbocycles. The highest BCUT2D eigenvalue weighted by atomic mass is 16.2. The molecule has 0 radical (unpaired) electrons. The molecule has 6 nitrogen and oxygen atoms in total. The molecule has 0 bridgehead atoms. The molecule has 1 atom stereocenters. The fourth-order valence-corrected chi connectivity index (χ4v) is 3.19. The molecule has 0 N–H and O–H groups in total. The summed E-state index contributed by atoms with van der Waals surface area (Å²) in [5.74, 6) is 1.14. The van der Waals surface area contributed by atoms with E-state index in [2.05, 4.69) is 15.1 Å². The molecular weight excluding hydrogens is 314 g/mol. The first-order valence-electron chi connectivity index (χ1n) is 8.45. The zero-order valence-corrected chi connectivity index (χ0v) is 13.8. The second-order valence-electron chi connectivity index (χ2n) is 6.28. The van der Waals surface area contributed by atoms with E-state index in [1.165, 1.54) is 0 Å². The Balaban J connectivity index is 1.39. The zero-order chi connectivity index (χ0) is 17.1. The van der Waals surface area contributed by atoms with Gasteiger partial charge in [-0.15, -0.1) is 5.10 Å². The van der Waals surface area contributed by atoms with Crippen LogP contribution in [0.1, 0.15) is 16.8 Å². The first kappa shape index (κ1) is 15.5. The van der Waals surface area contributed by atoms with Gasteiger partial charge in [-0.05, 0) is 36.6 Å². The van der Waals surface area contributed by atoms with Crippen LogP contribution in [0.3, 0.4) is 0 Å². The van der Waals surface area contributed by atoms with Crippen molar-refractivity contribution in [2.75, 3.05) is 13.1 Å². The molecule has 1 saturated heterocycles. The molecule has 0 spiro atoms. The molecule has 126 valence electrons. The van der Waals surface area contributed by atoms with Gasteiger partial charge in [-0.25, -0.2) is 4.98 Å². The number of benzene rings is 1. The molecule has 6 heteroatoms. The van der Waals surface area contributed by atoms with E-state index in [1.807, 2.05) is 58.1 Å². The van der Waals surface area contributed by atoms with Crippen LogP contribution < -0.4 is 0 Å². The Labute approximate surface area is 146 Å². The lowest BCUT2D eigenvalue weighted by atomic mass is 10.1. The third kappa shape index (κ3) is 3.42. The minimum Gasteiger partial charge on any atom is -0.338 e. The number of rotatable bonds is 4. The summed E-state index contributed by atoms with van der Waals surface area (Å²) in [5, 5.41) is 4.51. The van der Waals surface area contributed by atoms with Gasteiger partial charge in [0.2, 0.25) is 0 Å². The molecule has 25 heavy (non-hydrogen) atoms. The first-order valence-corrected chi connectivity index (χ1v) is 8.45. The second-order valence-corrected chi connectivity index (χ2v) is 6.28. The summed E-state index contributed by atoms with van der Waals surface area (Å²) in [5.41, 5.74) is 1.52. The van der Waals surface area contributed by atoms with E-state index in [9.17, 15) is 4.79 Å². The molecule has 1 aliphatic heterocycles. The Morgan fingerprint density at radius 1 is 1.08 bits per heavy atom. The van der Waals surface area contributed by atoms with Crippen molar-refractivity contribution in [3.8, 4) is 11.5 Å². The van der Waals surface area contributed by atoms with Crippen molar-refractivity contribution in [3.05, 3.63) is 66.6 Å². The van der Waals surface area contributed by atoms with Gasteiger partial charge in [0.25, 0.3) is 5.91 Å². The number of nitrogens with zero attached hydrogens (tertiary/aromatic N) is 5. The van der Waals surface area contributed by atoms with Crippen LogP contribution in [0.5, 0.6) is 0 Å². The smallest absolute Gasteiger partial charge is 0.253 e. The minimum atomic E-state index is 0.107. The Morgan fingerprint density at radius 2 is 1.92 bits per heavy atom. The number of carbonyl (C=O) groups excluding carboxylic acids is 1. The lowest BCUT2D eigenvalue weighted by molar-refractivity contribution is 0.0785. The van der Waals surface area contributed by atoms with Crippen molar-refractivity contribution in [1.82, 2.24) is 24.6 Å². The molecule has 1 fully saturated rings. The molecule has 1 aliphatic rings. The van der Waals surface area contributed by atoms with Crippen molar-refractivity contribution in [3.63, 3.8) is 0 Å². The fourth-order valence-electron chi connectivity index (χ4n) is 3.19. The van der Waals surface area contributed by atoms with Gasteiger partial charge in [0.15, 0.2) is 5.82 Å². The third-order valence-electron chi connectivity index (χ3n) is 4.47. The number of likely N-dealkylation sites (tertiary alicyclic amines) is 1. The van der Waals surface area contributed by atoms with Crippen LogP contribution in [0, 0.1) is 5.92 Å². The van der Waals surface area contributed by atoms with Gasteiger partial charge < -0.3 is 4.90 Å². The highest BCUT2D eigenvalue weighted by Gasteiger charge is 2.27. The number of carbonyl (C=O) groups is 1. The maximum atomic E-state index is 12.5. The number of pyridine rings is 1. The SMILES string of the molecule is O=C(c1ccccc1)N1CC[C@H](Cn2cnc(-c3ccccn3)n2)C1. The van der Waals surface area contributed by atoms with Crippen molar-refractivity contribution in [2.45, 2.75) is 13.0 Å². The Kier molecular flexibility index (Phi) is 4.24. The van der Waals surface area contributed by atoms with E-state index < -0.39 is 0 Å². The zero-order valence-electron chi connectivity index (χ0n) is 13.8. The minimum absolute atomic E-state index is 0.107. The number of amides is 1. The summed E-state index contributed by atoms with van der Waals surface area (Å²) in [6.45, 7) is 2.31. The van der Waals surface area contributed by atoms with Crippen molar-refractivity contribution >= 4 is 5.91 Å². The molecule has 2 aromatic heterocycles. The maximum absolute atomic E-state index is 12.5. The topological polar surface area (TPSA) is 63.9 Å². The van der Waals surface area contributed by atoms with Crippen LogP contribution in [0.15, 0.2) is 61.1 Å². The van der Waals surface area contributed by atoms with Crippen molar-refractivity contribution < 1.29 is 4.79 Å². The van der Waals surface area contributed by atoms with E-state index in [4.69, 9.17) is 0 Å². The van der Waals surface area contributed by atoms with Gasteiger partial charge in [-0.1, -0.05) is 24.3 Å². The third-order valence-corrected chi connectivity index (χ3v) is 4.47. The van der Waals surface area contributed by atoms with Crippen molar-refractivity contribution in [1.29, 1.82) is 0 Å². The number of aromatic nitrogens is 4. The van der Waals surface area contributed by atoms with Crippen LogP contribution in [0.2, 0.25) is 0 Å². The normalized spacial score (nSPS) is 17.0. The fraction of sp³-hybridized carbons (Fsp3) is 0.263. The summed E-state index contributed by atoms with van der Waals surface area (Å²) >= 11 is 0. The van der Waals surface area contributed by atoms with Gasteiger partial charge >= 0.3 is 0 Å². The van der Waals surface area contributed by atoms with Crippen LogP contribution in [0.4, 0.5) is 0 Å². The van der Waals surface area contributed by atoms with E-state index >= 15 is 0 Å². The number of hydrogen-bond donors (Lipinski definition) is 0. The largest absolute Gasteiger partial charge is 0.338 e. The number of hydrogen-bond acceptors (Lipinski definition) is 4. The molecule has 1 amide bonds. The average molecular weight is 333 g/mol. The molecule has 1 aromatic carbocycles. The first-order chi connectivity index (χ1) is 12.3. The quantitative estimate of drug-likeness (QED) is 0.736. The predicted molar refractivity (Wildman–Crippen MR) is 93.7 cm³/mol. The van der Waals surface area contributed by atoms with Gasteiger partial charge in [0.05, 0.1) is 0 Å². The summed E-state index contributed by atoms with van der Waals surface area (Å²) < 4.78 is 1.85. The van der Waals surface area contributed by atoms with E-state index in [0.29, 0.717) is 11.7 Å². The summed E-state index contributed by atoms with van der Waals surface area (Å²) in [6, 6.07) is 15.1. The summed E-state index contributed by atoms with van der Waals surface area (Å²) in [6.07, 6.45) is 4.46. The van der Waals surface area contributed by atoms with Gasteiger partial charge in [-0.2, -0.15) is 0 Å². The average Bonchev–Trinajstić information content (AvgIpc) is 3.33. The van der Waals surface area contributed by atoms with Crippen LogP contribution in [-0.4, -0.2) is 43.6 Å². The molecular formula is C19H19N5O. The van der Waals surface area contributed by atoms with E-state index in [-0.39, 0.29) is 5.91 Å². The van der Waals surface area contributed by atoms with Gasteiger partial charge in [0, 0.05) is 31.4 Å². The maximum Gasteiger partial charge on any atom is 0.253 e. The lowest BCUT2D eigenvalue weighted by Crippen LogP contribution is -2.29.